The van der Waals surface area contributed by atoms with Crippen molar-refractivity contribution >= 4 is 86.8 Å². The Morgan fingerprint density at radius 1 is 0.227 bits per heavy atom. The van der Waals surface area contributed by atoms with Crippen LogP contribution < -0.4 is 0 Å². The standard InChI is InChI=1S/C64H39NO/c1-3-17-40(18-4-1)42-32-35-58-55(37-42)45-21-15-16-30-57(45)65(58)64-53-28-13-11-26-51(53)63(52-27-12-14-29-54(52)64)44-31-34-46-56-38-43(33-36-59(56)66-60(46)39-44)62-49-24-9-7-22-47(49)61(41-19-5-2-6-20-41)48-23-8-10-25-50(48)62/h1-39H. The summed E-state index contributed by atoms with van der Waals surface area (Å²) in [6, 6.07) is 86.4. The lowest BCUT2D eigenvalue weighted by Gasteiger charge is -2.19. The van der Waals surface area contributed by atoms with E-state index in [1.54, 1.807) is 0 Å². The molecule has 14 rings (SSSR count). The average Bonchev–Trinajstić information content (AvgIpc) is 3.92. The molecular weight excluding hydrogens is 799 g/mol. The fourth-order valence-corrected chi connectivity index (χ4v) is 11.1. The van der Waals surface area contributed by atoms with E-state index in [2.05, 4.69) is 241 Å². The molecule has 2 aromatic heterocycles. The van der Waals surface area contributed by atoms with E-state index in [4.69, 9.17) is 4.42 Å². The first-order valence-corrected chi connectivity index (χ1v) is 22.8. The second kappa shape index (κ2) is 14.4. The molecule has 0 atom stereocenters. The maximum atomic E-state index is 6.80. The molecule has 0 bridgehead atoms. The van der Waals surface area contributed by atoms with Gasteiger partial charge >= 0.3 is 0 Å². The van der Waals surface area contributed by atoms with Gasteiger partial charge in [-0.2, -0.15) is 0 Å². The van der Waals surface area contributed by atoms with E-state index >= 15 is 0 Å². The molecule has 0 aliphatic heterocycles. The molecule has 0 fully saturated rings. The highest BCUT2D eigenvalue weighted by atomic mass is 16.3. The van der Waals surface area contributed by atoms with Crippen molar-refractivity contribution in [2.75, 3.05) is 0 Å². The summed E-state index contributed by atoms with van der Waals surface area (Å²) in [5.74, 6) is 0. The van der Waals surface area contributed by atoms with Gasteiger partial charge in [0, 0.05) is 32.3 Å². The minimum Gasteiger partial charge on any atom is -0.456 e. The van der Waals surface area contributed by atoms with E-state index in [0.29, 0.717) is 0 Å². The van der Waals surface area contributed by atoms with Crippen molar-refractivity contribution < 1.29 is 4.42 Å². The zero-order valence-electron chi connectivity index (χ0n) is 35.9. The number of rotatable bonds is 5. The van der Waals surface area contributed by atoms with Crippen molar-refractivity contribution in [3.63, 3.8) is 0 Å². The van der Waals surface area contributed by atoms with Crippen LogP contribution in [0.15, 0.2) is 241 Å². The predicted octanol–water partition coefficient (Wildman–Crippen LogP) is 18.0. The van der Waals surface area contributed by atoms with E-state index in [9.17, 15) is 0 Å². The topological polar surface area (TPSA) is 18.1 Å². The quantitative estimate of drug-likeness (QED) is 0.158. The van der Waals surface area contributed by atoms with Crippen LogP contribution in [0.3, 0.4) is 0 Å². The maximum absolute atomic E-state index is 6.80. The van der Waals surface area contributed by atoms with Crippen molar-refractivity contribution in [3.8, 4) is 50.2 Å². The minimum atomic E-state index is 0.877. The number of hydrogen-bond donors (Lipinski definition) is 0. The summed E-state index contributed by atoms with van der Waals surface area (Å²) in [7, 11) is 0. The third kappa shape index (κ3) is 5.42. The van der Waals surface area contributed by atoms with Gasteiger partial charge in [-0.1, -0.05) is 194 Å². The lowest BCUT2D eigenvalue weighted by atomic mass is 9.86. The molecule has 0 amide bonds. The number of para-hydroxylation sites is 1. The van der Waals surface area contributed by atoms with Gasteiger partial charge in [0.1, 0.15) is 11.2 Å². The molecular formula is C64H39NO. The maximum Gasteiger partial charge on any atom is 0.136 e. The number of furan rings is 1. The van der Waals surface area contributed by atoms with Crippen molar-refractivity contribution in [1.29, 1.82) is 0 Å². The van der Waals surface area contributed by atoms with E-state index < -0.39 is 0 Å². The van der Waals surface area contributed by atoms with Crippen LogP contribution in [-0.2, 0) is 0 Å². The SMILES string of the molecule is c1ccc(-c2ccc3c(c2)c2ccccc2n3-c2c3ccccc3c(-c3ccc4c(c3)oc3ccc(-c5c6ccccc6c(-c6ccccc6)c6ccccc56)cc34)c3ccccc23)cc1. The molecule has 0 saturated heterocycles. The fraction of sp³-hybridized carbons (Fsp3) is 0. The molecule has 2 nitrogen and oxygen atoms in total. The zero-order valence-corrected chi connectivity index (χ0v) is 35.9. The Balaban J connectivity index is 0.962. The number of hydrogen-bond acceptors (Lipinski definition) is 1. The molecule has 14 aromatic rings. The first-order valence-electron chi connectivity index (χ1n) is 22.8. The van der Waals surface area contributed by atoms with Gasteiger partial charge in [0.25, 0.3) is 0 Å². The summed E-state index contributed by atoms with van der Waals surface area (Å²) in [5.41, 5.74) is 15.0. The molecule has 0 unspecified atom stereocenters. The number of fused-ring (bicyclic) bond motifs is 10. The van der Waals surface area contributed by atoms with Gasteiger partial charge in [-0.15, -0.1) is 0 Å². The Morgan fingerprint density at radius 3 is 1.26 bits per heavy atom. The summed E-state index contributed by atoms with van der Waals surface area (Å²) >= 11 is 0. The molecule has 0 radical (unpaired) electrons. The summed E-state index contributed by atoms with van der Waals surface area (Å²) in [4.78, 5) is 0. The van der Waals surface area contributed by atoms with Crippen LogP contribution in [0.4, 0.5) is 0 Å². The molecule has 66 heavy (non-hydrogen) atoms. The molecule has 2 heteroatoms. The normalized spacial score (nSPS) is 11.9. The third-order valence-corrected chi connectivity index (χ3v) is 13.9. The summed E-state index contributed by atoms with van der Waals surface area (Å²) in [6.07, 6.45) is 0. The number of benzene rings is 12. The van der Waals surface area contributed by atoms with Crippen LogP contribution in [0.1, 0.15) is 0 Å². The van der Waals surface area contributed by atoms with E-state index in [1.165, 1.54) is 110 Å². The van der Waals surface area contributed by atoms with E-state index in [-0.39, 0.29) is 0 Å². The summed E-state index contributed by atoms with van der Waals surface area (Å²) in [6.45, 7) is 0. The minimum absolute atomic E-state index is 0.877. The highest BCUT2D eigenvalue weighted by molar-refractivity contribution is 6.24. The number of aromatic nitrogens is 1. The molecule has 12 aromatic carbocycles. The Hall–Kier alpha value is -8.72. The lowest BCUT2D eigenvalue weighted by Crippen LogP contribution is -1.99. The molecule has 0 N–H and O–H groups in total. The monoisotopic (exact) mass is 837 g/mol. The van der Waals surface area contributed by atoms with Crippen molar-refractivity contribution in [3.05, 3.63) is 237 Å². The van der Waals surface area contributed by atoms with Crippen LogP contribution in [0.5, 0.6) is 0 Å². The molecule has 0 spiro atoms. The van der Waals surface area contributed by atoms with Gasteiger partial charge in [0.15, 0.2) is 0 Å². The smallest absolute Gasteiger partial charge is 0.136 e. The fourth-order valence-electron chi connectivity index (χ4n) is 11.1. The van der Waals surface area contributed by atoms with Gasteiger partial charge in [0.2, 0.25) is 0 Å². The van der Waals surface area contributed by atoms with Crippen molar-refractivity contribution in [2.45, 2.75) is 0 Å². The lowest BCUT2D eigenvalue weighted by molar-refractivity contribution is 0.669. The van der Waals surface area contributed by atoms with Gasteiger partial charge in [-0.25, -0.2) is 0 Å². The largest absolute Gasteiger partial charge is 0.456 e. The summed E-state index contributed by atoms with van der Waals surface area (Å²) in [5, 5.41) is 14.5. The van der Waals surface area contributed by atoms with Crippen molar-refractivity contribution in [2.24, 2.45) is 0 Å². The molecule has 0 aliphatic rings. The van der Waals surface area contributed by atoms with Crippen LogP contribution in [-0.4, -0.2) is 4.57 Å². The third-order valence-electron chi connectivity index (χ3n) is 13.9. The van der Waals surface area contributed by atoms with Crippen molar-refractivity contribution in [1.82, 2.24) is 4.57 Å². The Bertz CT molecular complexity index is 4160. The van der Waals surface area contributed by atoms with Crippen LogP contribution in [0.25, 0.3) is 137 Å². The molecule has 0 aliphatic carbocycles. The van der Waals surface area contributed by atoms with Crippen LogP contribution in [0.2, 0.25) is 0 Å². The second-order valence-electron chi connectivity index (χ2n) is 17.5. The highest BCUT2D eigenvalue weighted by Gasteiger charge is 2.22. The number of nitrogens with zero attached hydrogens (tertiary/aromatic N) is 1. The van der Waals surface area contributed by atoms with Crippen LogP contribution >= 0.6 is 0 Å². The van der Waals surface area contributed by atoms with Gasteiger partial charge < -0.3 is 8.98 Å². The molecule has 2 heterocycles. The van der Waals surface area contributed by atoms with E-state index in [0.717, 1.165) is 27.5 Å². The Kier molecular flexibility index (Phi) is 8.02. The first-order chi connectivity index (χ1) is 32.8. The predicted molar refractivity (Wildman–Crippen MR) is 280 cm³/mol. The first kappa shape index (κ1) is 36.7. The van der Waals surface area contributed by atoms with Crippen LogP contribution in [0, 0.1) is 0 Å². The second-order valence-corrected chi connectivity index (χ2v) is 17.5. The van der Waals surface area contributed by atoms with Gasteiger partial charge in [0.05, 0.1) is 16.7 Å². The Morgan fingerprint density at radius 2 is 0.652 bits per heavy atom. The van der Waals surface area contributed by atoms with Gasteiger partial charge in [-0.3, -0.25) is 0 Å². The highest BCUT2D eigenvalue weighted by Crippen LogP contribution is 2.47. The average molecular weight is 838 g/mol. The summed E-state index contributed by atoms with van der Waals surface area (Å²) < 4.78 is 9.29. The Labute approximate surface area is 380 Å². The molecule has 0 saturated carbocycles. The molecule has 306 valence electrons. The van der Waals surface area contributed by atoms with E-state index in [1.807, 2.05) is 0 Å². The van der Waals surface area contributed by atoms with Gasteiger partial charge in [-0.05, 0) is 119 Å². The zero-order chi connectivity index (χ0) is 43.3.